The second-order valence-corrected chi connectivity index (χ2v) is 8.06. The van der Waals surface area contributed by atoms with E-state index in [4.69, 9.17) is 4.99 Å². The normalized spacial score (nSPS) is 21.9. The molecule has 0 bridgehead atoms. The van der Waals surface area contributed by atoms with Crippen molar-refractivity contribution in [1.82, 2.24) is 15.1 Å². The predicted molar refractivity (Wildman–Crippen MR) is 119 cm³/mol. The second kappa shape index (κ2) is 8.91. The van der Waals surface area contributed by atoms with Crippen molar-refractivity contribution in [3.8, 4) is 0 Å². The molecule has 1 aromatic rings. The summed E-state index contributed by atoms with van der Waals surface area (Å²) in [6, 6.07) is 8.87. The van der Waals surface area contributed by atoms with Crippen molar-refractivity contribution >= 4 is 29.9 Å². The molecule has 0 unspecified atom stereocenters. The average Bonchev–Trinajstić information content (AvgIpc) is 3.07. The fourth-order valence-electron chi connectivity index (χ4n) is 4.67. The maximum absolute atomic E-state index is 4.96. The van der Waals surface area contributed by atoms with Crippen molar-refractivity contribution in [2.45, 2.75) is 45.6 Å². The van der Waals surface area contributed by atoms with Gasteiger partial charge in [-0.05, 0) is 49.1 Å². The van der Waals surface area contributed by atoms with Gasteiger partial charge in [-0.15, -0.1) is 24.0 Å². The molecule has 1 saturated carbocycles. The highest BCUT2D eigenvalue weighted by atomic mass is 127. The molecule has 4 nitrogen and oxygen atoms in total. The van der Waals surface area contributed by atoms with Crippen molar-refractivity contribution in [2.24, 2.45) is 10.4 Å². The third kappa shape index (κ3) is 4.35. The van der Waals surface area contributed by atoms with Crippen molar-refractivity contribution in [3.63, 3.8) is 0 Å². The van der Waals surface area contributed by atoms with Crippen LogP contribution >= 0.6 is 24.0 Å². The summed E-state index contributed by atoms with van der Waals surface area (Å²) in [5, 5.41) is 3.52. The highest BCUT2D eigenvalue weighted by Gasteiger charge is 2.43. The largest absolute Gasteiger partial charge is 0.357 e. The zero-order valence-electron chi connectivity index (χ0n) is 16.0. The van der Waals surface area contributed by atoms with Gasteiger partial charge in [-0.25, -0.2) is 0 Å². The van der Waals surface area contributed by atoms with Crippen LogP contribution in [-0.4, -0.2) is 55.0 Å². The molecule has 1 N–H and O–H groups in total. The number of likely N-dealkylation sites (tertiary alicyclic amines) is 1. The summed E-state index contributed by atoms with van der Waals surface area (Å²) in [4.78, 5) is 10.0. The van der Waals surface area contributed by atoms with Gasteiger partial charge < -0.3 is 10.2 Å². The van der Waals surface area contributed by atoms with Gasteiger partial charge in [-0.3, -0.25) is 9.89 Å². The fourth-order valence-corrected chi connectivity index (χ4v) is 4.67. The topological polar surface area (TPSA) is 30.9 Å². The molecule has 1 aromatic carbocycles. The van der Waals surface area contributed by atoms with Crippen LogP contribution in [0.15, 0.2) is 29.3 Å². The minimum atomic E-state index is 0. The Balaban J connectivity index is 0.00000196. The van der Waals surface area contributed by atoms with Crippen LogP contribution in [-0.2, 0) is 13.0 Å². The van der Waals surface area contributed by atoms with Crippen LogP contribution in [0, 0.1) is 5.41 Å². The summed E-state index contributed by atoms with van der Waals surface area (Å²) in [7, 11) is 0. The number of benzene rings is 1. The summed E-state index contributed by atoms with van der Waals surface area (Å²) in [6.07, 6.45) is 6.82. The van der Waals surface area contributed by atoms with Gasteiger partial charge in [0.15, 0.2) is 5.96 Å². The zero-order chi connectivity index (χ0) is 17.1. The Bertz CT molecular complexity index is 626. The molecule has 2 fully saturated rings. The van der Waals surface area contributed by atoms with Crippen LogP contribution in [0.25, 0.3) is 0 Å². The number of hydrogen-bond donors (Lipinski definition) is 1. The molecule has 0 amide bonds. The molecule has 0 radical (unpaired) electrons. The molecule has 0 aromatic heterocycles. The van der Waals surface area contributed by atoms with E-state index >= 15 is 0 Å². The fraction of sp³-hybridized carbons (Fsp3) is 0.667. The summed E-state index contributed by atoms with van der Waals surface area (Å²) in [5.74, 6) is 1.14. The Morgan fingerprint density at radius 3 is 2.65 bits per heavy atom. The predicted octanol–water partition coefficient (Wildman–Crippen LogP) is 3.50. The monoisotopic (exact) mass is 468 g/mol. The second-order valence-electron chi connectivity index (χ2n) is 8.06. The van der Waals surface area contributed by atoms with Gasteiger partial charge in [0.25, 0.3) is 0 Å². The molecule has 1 aliphatic carbocycles. The van der Waals surface area contributed by atoms with E-state index < -0.39 is 0 Å². The van der Waals surface area contributed by atoms with Crippen molar-refractivity contribution in [3.05, 3.63) is 35.4 Å². The number of hydrogen-bond acceptors (Lipinski definition) is 2. The first kappa shape index (κ1) is 19.9. The first-order valence-corrected chi connectivity index (χ1v) is 10.1. The van der Waals surface area contributed by atoms with E-state index in [2.05, 4.69) is 46.3 Å². The molecule has 144 valence electrons. The lowest BCUT2D eigenvalue weighted by molar-refractivity contribution is 0.151. The van der Waals surface area contributed by atoms with Crippen molar-refractivity contribution < 1.29 is 0 Å². The number of nitrogens with one attached hydrogen (secondary N) is 1. The van der Waals surface area contributed by atoms with Crippen LogP contribution in [0.1, 0.15) is 43.7 Å². The molecule has 0 atom stereocenters. The molecule has 3 aliphatic rings. The van der Waals surface area contributed by atoms with Gasteiger partial charge in [0.2, 0.25) is 0 Å². The van der Waals surface area contributed by atoms with E-state index in [-0.39, 0.29) is 24.0 Å². The number of guanidine groups is 1. The molecular formula is C21H33IN4. The number of aliphatic imine (C=N–C) groups is 1. The first-order valence-electron chi connectivity index (χ1n) is 10.1. The van der Waals surface area contributed by atoms with E-state index in [1.54, 1.807) is 0 Å². The summed E-state index contributed by atoms with van der Waals surface area (Å²) < 4.78 is 0. The molecule has 1 saturated heterocycles. The standard InChI is InChI=1S/C21H32N4.HI/c1-2-22-20(25-14-11-21(17-25)9-5-10-21)23-12-15-24-13-8-18-6-3-4-7-19(18)16-24;/h3-4,6-7H,2,5,8-17H2,1H3,(H,22,23);1H. The lowest BCUT2D eigenvalue weighted by Crippen LogP contribution is -2.43. The van der Waals surface area contributed by atoms with Crippen LogP contribution < -0.4 is 5.32 Å². The number of rotatable bonds is 4. The lowest BCUT2D eigenvalue weighted by Gasteiger charge is -2.38. The summed E-state index contributed by atoms with van der Waals surface area (Å²) >= 11 is 0. The van der Waals surface area contributed by atoms with Crippen LogP contribution in [0.2, 0.25) is 0 Å². The Morgan fingerprint density at radius 1 is 1.15 bits per heavy atom. The minimum absolute atomic E-state index is 0. The van der Waals surface area contributed by atoms with Crippen molar-refractivity contribution in [1.29, 1.82) is 0 Å². The van der Waals surface area contributed by atoms with Crippen molar-refractivity contribution in [2.75, 3.05) is 39.3 Å². The number of halogens is 1. The molecule has 1 spiro atoms. The minimum Gasteiger partial charge on any atom is -0.357 e. The van der Waals surface area contributed by atoms with Crippen LogP contribution in [0.4, 0.5) is 0 Å². The van der Waals surface area contributed by atoms with Gasteiger partial charge in [-0.1, -0.05) is 30.7 Å². The highest BCUT2D eigenvalue weighted by Crippen LogP contribution is 2.47. The van der Waals surface area contributed by atoms with E-state index in [0.717, 1.165) is 38.7 Å². The molecule has 5 heteroatoms. The maximum Gasteiger partial charge on any atom is 0.193 e. The Kier molecular flexibility index (Phi) is 6.83. The molecule has 4 rings (SSSR count). The zero-order valence-corrected chi connectivity index (χ0v) is 18.4. The van der Waals surface area contributed by atoms with E-state index in [1.165, 1.54) is 56.3 Å². The molecule has 2 aliphatic heterocycles. The number of nitrogens with zero attached hydrogens (tertiary/aromatic N) is 3. The quantitative estimate of drug-likeness (QED) is 0.417. The highest BCUT2D eigenvalue weighted by molar-refractivity contribution is 14.0. The average molecular weight is 468 g/mol. The van der Waals surface area contributed by atoms with Gasteiger partial charge >= 0.3 is 0 Å². The Labute approximate surface area is 175 Å². The van der Waals surface area contributed by atoms with Crippen LogP contribution in [0.5, 0.6) is 0 Å². The van der Waals surface area contributed by atoms with Gasteiger partial charge in [0.05, 0.1) is 6.54 Å². The maximum atomic E-state index is 4.96. The van der Waals surface area contributed by atoms with E-state index in [1.807, 2.05) is 0 Å². The van der Waals surface area contributed by atoms with Gasteiger partial charge in [0.1, 0.15) is 0 Å². The Hall–Kier alpha value is -0.820. The third-order valence-electron chi connectivity index (χ3n) is 6.37. The third-order valence-corrected chi connectivity index (χ3v) is 6.37. The SMILES string of the molecule is CCNC(=NCCN1CCc2ccccc2C1)N1CCC2(CCC2)C1.I. The van der Waals surface area contributed by atoms with Gasteiger partial charge in [0, 0.05) is 39.3 Å². The van der Waals surface area contributed by atoms with E-state index in [9.17, 15) is 0 Å². The number of fused-ring (bicyclic) bond motifs is 1. The first-order chi connectivity index (χ1) is 12.3. The molecular weight excluding hydrogens is 435 g/mol. The van der Waals surface area contributed by atoms with E-state index in [0.29, 0.717) is 5.41 Å². The molecule has 26 heavy (non-hydrogen) atoms. The Morgan fingerprint density at radius 2 is 1.96 bits per heavy atom. The summed E-state index contributed by atoms with van der Waals surface area (Å²) in [5.41, 5.74) is 3.65. The summed E-state index contributed by atoms with van der Waals surface area (Å²) in [6.45, 7) is 9.73. The van der Waals surface area contributed by atoms with Crippen LogP contribution in [0.3, 0.4) is 0 Å². The van der Waals surface area contributed by atoms with Gasteiger partial charge in [-0.2, -0.15) is 0 Å². The smallest absolute Gasteiger partial charge is 0.193 e. The lowest BCUT2D eigenvalue weighted by atomic mass is 9.68. The molecule has 2 heterocycles.